The van der Waals surface area contributed by atoms with Gasteiger partial charge in [0.2, 0.25) is 0 Å². The molecule has 1 unspecified atom stereocenters. The van der Waals surface area contributed by atoms with Gasteiger partial charge in [0.05, 0.1) is 23.8 Å². The molecule has 1 aromatic rings. The van der Waals surface area contributed by atoms with Crippen molar-refractivity contribution in [3.05, 3.63) is 34.1 Å². The van der Waals surface area contributed by atoms with Crippen LogP contribution in [0.1, 0.15) is 11.6 Å². The Kier molecular flexibility index (Phi) is 4.11. The van der Waals surface area contributed by atoms with Crippen molar-refractivity contribution in [3.8, 4) is 6.07 Å². The summed E-state index contributed by atoms with van der Waals surface area (Å²) in [6.45, 7) is 2.65. The van der Waals surface area contributed by atoms with Crippen LogP contribution in [0, 0.1) is 17.1 Å². The van der Waals surface area contributed by atoms with E-state index >= 15 is 0 Å². The molecule has 1 heterocycles. The van der Waals surface area contributed by atoms with Crippen LogP contribution in [-0.2, 0) is 4.74 Å². The monoisotopic (exact) mass is 298 g/mol. The van der Waals surface area contributed by atoms with Crippen molar-refractivity contribution < 1.29 is 9.13 Å². The average Bonchev–Trinajstić information content (AvgIpc) is 2.36. The highest BCUT2D eigenvalue weighted by molar-refractivity contribution is 9.10. The van der Waals surface area contributed by atoms with Crippen molar-refractivity contribution >= 4 is 15.9 Å². The SMILES string of the molecule is N#CC(c1ccc(Br)c(F)c1)N1CCOCC1. The second-order valence-corrected chi connectivity index (χ2v) is 4.71. The maximum atomic E-state index is 13.4. The molecular weight excluding hydrogens is 287 g/mol. The number of halogens is 2. The fraction of sp³-hybridized carbons (Fsp3) is 0.417. The van der Waals surface area contributed by atoms with Crippen LogP contribution in [0.5, 0.6) is 0 Å². The van der Waals surface area contributed by atoms with Crippen LogP contribution in [-0.4, -0.2) is 31.2 Å². The summed E-state index contributed by atoms with van der Waals surface area (Å²) in [4.78, 5) is 2.01. The third kappa shape index (κ3) is 2.83. The highest BCUT2D eigenvalue weighted by Gasteiger charge is 2.22. The van der Waals surface area contributed by atoms with Gasteiger partial charge < -0.3 is 4.74 Å². The number of hydrogen-bond acceptors (Lipinski definition) is 3. The fourth-order valence-corrected chi connectivity index (χ4v) is 2.13. The summed E-state index contributed by atoms with van der Waals surface area (Å²) < 4.78 is 19.1. The average molecular weight is 299 g/mol. The molecule has 1 fully saturated rings. The molecule has 1 saturated heterocycles. The van der Waals surface area contributed by atoms with E-state index in [0.29, 0.717) is 36.3 Å². The number of morpholine rings is 1. The molecule has 1 aliphatic heterocycles. The lowest BCUT2D eigenvalue weighted by molar-refractivity contribution is 0.0266. The van der Waals surface area contributed by atoms with Gasteiger partial charge in [-0.05, 0) is 33.6 Å². The zero-order valence-electron chi connectivity index (χ0n) is 9.20. The molecule has 1 atom stereocenters. The predicted octanol–water partition coefficient (Wildman–Crippen LogP) is 2.49. The molecule has 0 amide bonds. The van der Waals surface area contributed by atoms with Gasteiger partial charge >= 0.3 is 0 Å². The third-order valence-electron chi connectivity index (χ3n) is 2.79. The van der Waals surface area contributed by atoms with E-state index in [2.05, 4.69) is 22.0 Å². The maximum Gasteiger partial charge on any atom is 0.137 e. The molecule has 0 radical (unpaired) electrons. The van der Waals surface area contributed by atoms with Gasteiger partial charge in [0.25, 0.3) is 0 Å². The van der Waals surface area contributed by atoms with Gasteiger partial charge in [-0.25, -0.2) is 4.39 Å². The van der Waals surface area contributed by atoms with Crippen molar-refractivity contribution in [2.24, 2.45) is 0 Å². The minimum absolute atomic E-state index is 0.337. The smallest absolute Gasteiger partial charge is 0.137 e. The van der Waals surface area contributed by atoms with Gasteiger partial charge in [0.1, 0.15) is 11.9 Å². The van der Waals surface area contributed by atoms with Crippen LogP contribution in [0.15, 0.2) is 22.7 Å². The van der Waals surface area contributed by atoms with Gasteiger partial charge in [-0.2, -0.15) is 5.26 Å². The Morgan fingerprint density at radius 1 is 1.41 bits per heavy atom. The summed E-state index contributed by atoms with van der Waals surface area (Å²) in [6, 6.07) is 6.64. The lowest BCUT2D eigenvalue weighted by Crippen LogP contribution is -2.38. The van der Waals surface area contributed by atoms with Crippen LogP contribution in [0.2, 0.25) is 0 Å². The topological polar surface area (TPSA) is 36.3 Å². The molecule has 90 valence electrons. The predicted molar refractivity (Wildman–Crippen MR) is 64.8 cm³/mol. The zero-order chi connectivity index (χ0) is 12.3. The largest absolute Gasteiger partial charge is 0.379 e. The number of nitriles is 1. The highest BCUT2D eigenvalue weighted by Crippen LogP contribution is 2.25. The maximum absolute atomic E-state index is 13.4. The first-order chi connectivity index (χ1) is 8.22. The Morgan fingerprint density at radius 3 is 2.71 bits per heavy atom. The lowest BCUT2D eigenvalue weighted by atomic mass is 10.1. The lowest BCUT2D eigenvalue weighted by Gasteiger charge is -2.30. The standard InChI is InChI=1S/C12H12BrFN2O/c13-10-2-1-9(7-11(10)14)12(8-15)16-3-5-17-6-4-16/h1-2,7,12H,3-6H2. The molecule has 0 aromatic heterocycles. The van der Waals surface area contributed by atoms with Gasteiger partial charge in [0, 0.05) is 13.1 Å². The van der Waals surface area contributed by atoms with E-state index in [0.717, 1.165) is 0 Å². The van der Waals surface area contributed by atoms with E-state index in [-0.39, 0.29) is 5.82 Å². The van der Waals surface area contributed by atoms with Gasteiger partial charge in [-0.15, -0.1) is 0 Å². The first-order valence-corrected chi connectivity index (χ1v) is 6.18. The summed E-state index contributed by atoms with van der Waals surface area (Å²) in [5.41, 5.74) is 0.690. The molecule has 1 aromatic carbocycles. The summed E-state index contributed by atoms with van der Waals surface area (Å²) in [7, 11) is 0. The van der Waals surface area contributed by atoms with Crippen LogP contribution < -0.4 is 0 Å². The van der Waals surface area contributed by atoms with Crippen LogP contribution in [0.3, 0.4) is 0 Å². The summed E-state index contributed by atoms with van der Waals surface area (Å²) in [5.74, 6) is -0.337. The normalized spacial score (nSPS) is 18.6. The molecular formula is C12H12BrFN2O. The summed E-state index contributed by atoms with van der Waals surface area (Å²) in [5, 5.41) is 9.23. The zero-order valence-corrected chi connectivity index (χ0v) is 10.8. The molecule has 0 aliphatic carbocycles. The second kappa shape index (κ2) is 5.58. The van der Waals surface area contributed by atoms with Crippen molar-refractivity contribution in [1.82, 2.24) is 4.90 Å². The molecule has 5 heteroatoms. The van der Waals surface area contributed by atoms with Gasteiger partial charge in [-0.3, -0.25) is 4.90 Å². The highest BCUT2D eigenvalue weighted by atomic mass is 79.9. The third-order valence-corrected chi connectivity index (χ3v) is 3.44. The van der Waals surface area contributed by atoms with E-state index in [1.54, 1.807) is 12.1 Å². The minimum atomic E-state index is -0.401. The van der Waals surface area contributed by atoms with E-state index in [1.165, 1.54) is 6.07 Å². The van der Waals surface area contributed by atoms with Crippen molar-refractivity contribution in [1.29, 1.82) is 5.26 Å². The Hall–Kier alpha value is -0.960. The van der Waals surface area contributed by atoms with Crippen LogP contribution >= 0.6 is 15.9 Å². The molecule has 1 aliphatic rings. The number of hydrogen-bond donors (Lipinski definition) is 0. The Bertz CT molecular complexity index is 441. The van der Waals surface area contributed by atoms with Gasteiger partial charge in [0.15, 0.2) is 0 Å². The van der Waals surface area contributed by atoms with Crippen LogP contribution in [0.25, 0.3) is 0 Å². The second-order valence-electron chi connectivity index (χ2n) is 3.85. The minimum Gasteiger partial charge on any atom is -0.379 e. The molecule has 3 nitrogen and oxygen atoms in total. The summed E-state index contributed by atoms with van der Waals surface area (Å²) in [6.07, 6.45) is 0. The molecule has 0 spiro atoms. The van der Waals surface area contributed by atoms with E-state index in [4.69, 9.17) is 4.74 Å². The Labute approximate surface area is 108 Å². The molecule has 17 heavy (non-hydrogen) atoms. The van der Waals surface area contributed by atoms with Crippen molar-refractivity contribution in [3.63, 3.8) is 0 Å². The quantitative estimate of drug-likeness (QED) is 0.842. The van der Waals surface area contributed by atoms with E-state index in [9.17, 15) is 9.65 Å². The number of rotatable bonds is 2. The van der Waals surface area contributed by atoms with Crippen molar-refractivity contribution in [2.45, 2.75) is 6.04 Å². The first-order valence-electron chi connectivity index (χ1n) is 5.38. The number of nitrogens with zero attached hydrogens (tertiary/aromatic N) is 2. The molecule has 0 bridgehead atoms. The molecule has 0 saturated carbocycles. The summed E-state index contributed by atoms with van der Waals surface area (Å²) >= 11 is 3.10. The molecule has 2 rings (SSSR count). The van der Waals surface area contributed by atoms with Crippen LogP contribution in [0.4, 0.5) is 4.39 Å². The number of benzene rings is 1. The van der Waals surface area contributed by atoms with Gasteiger partial charge in [-0.1, -0.05) is 6.07 Å². The Morgan fingerprint density at radius 2 is 2.12 bits per heavy atom. The Balaban J connectivity index is 2.22. The number of ether oxygens (including phenoxy) is 1. The first kappa shape index (κ1) is 12.5. The molecule has 0 N–H and O–H groups in total. The fourth-order valence-electron chi connectivity index (χ4n) is 1.89. The van der Waals surface area contributed by atoms with E-state index < -0.39 is 6.04 Å². The van der Waals surface area contributed by atoms with Crippen molar-refractivity contribution in [2.75, 3.05) is 26.3 Å². The van der Waals surface area contributed by atoms with E-state index in [1.807, 2.05) is 4.90 Å².